The van der Waals surface area contributed by atoms with Crippen molar-refractivity contribution in [3.63, 3.8) is 0 Å². The van der Waals surface area contributed by atoms with Crippen molar-refractivity contribution in [2.75, 3.05) is 0 Å². The Morgan fingerprint density at radius 3 is 2.38 bits per heavy atom. The Morgan fingerprint density at radius 1 is 1.06 bits per heavy atom. The average Bonchev–Trinajstić information content (AvgIpc) is 2.15. The van der Waals surface area contributed by atoms with Crippen molar-refractivity contribution in [3.05, 3.63) is 37.5 Å². The topological polar surface area (TPSA) is 54.4 Å². The smallest absolute Gasteiger partial charge is 0.282 e. The number of benzene rings is 2. The second-order valence-electron chi connectivity index (χ2n) is 3.22. The Kier molecular flexibility index (Phi) is 3.44. The van der Waals surface area contributed by atoms with Gasteiger partial charge in [-0.15, -0.1) is 0 Å². The molecular formula is C10H6I2O3S. The van der Waals surface area contributed by atoms with E-state index >= 15 is 0 Å². The zero-order valence-electron chi connectivity index (χ0n) is 7.81. The zero-order valence-corrected chi connectivity index (χ0v) is 12.9. The predicted molar refractivity (Wildman–Crippen MR) is 79.2 cm³/mol. The van der Waals surface area contributed by atoms with Gasteiger partial charge in [-0.1, -0.05) is 12.1 Å². The maximum atomic E-state index is 11.1. The van der Waals surface area contributed by atoms with Crippen LogP contribution in [-0.2, 0) is 10.1 Å². The molecule has 0 aromatic heterocycles. The molecule has 0 fully saturated rings. The van der Waals surface area contributed by atoms with Crippen LogP contribution >= 0.6 is 45.2 Å². The van der Waals surface area contributed by atoms with Gasteiger partial charge in [0.1, 0.15) is 4.90 Å². The summed E-state index contributed by atoms with van der Waals surface area (Å²) >= 11 is 4.13. The minimum atomic E-state index is -4.14. The van der Waals surface area contributed by atoms with Crippen LogP contribution in [0.4, 0.5) is 0 Å². The third-order valence-electron chi connectivity index (χ3n) is 2.16. The minimum absolute atomic E-state index is 0.0400. The summed E-state index contributed by atoms with van der Waals surface area (Å²) in [6.07, 6.45) is 0. The van der Waals surface area contributed by atoms with Crippen LogP contribution < -0.4 is 0 Å². The summed E-state index contributed by atoms with van der Waals surface area (Å²) in [6.45, 7) is 0. The van der Waals surface area contributed by atoms with Crippen LogP contribution in [-0.4, -0.2) is 13.0 Å². The molecule has 0 aliphatic rings. The van der Waals surface area contributed by atoms with Crippen molar-refractivity contribution in [3.8, 4) is 0 Å². The van der Waals surface area contributed by atoms with Gasteiger partial charge in [0.05, 0.1) is 0 Å². The Morgan fingerprint density at radius 2 is 1.75 bits per heavy atom. The van der Waals surface area contributed by atoms with Gasteiger partial charge >= 0.3 is 0 Å². The summed E-state index contributed by atoms with van der Waals surface area (Å²) in [6, 6.07) is 8.84. The van der Waals surface area contributed by atoms with E-state index in [2.05, 4.69) is 22.6 Å². The number of hydrogen-bond acceptors (Lipinski definition) is 2. The van der Waals surface area contributed by atoms with E-state index < -0.39 is 10.1 Å². The lowest BCUT2D eigenvalue weighted by Crippen LogP contribution is -2.01. The van der Waals surface area contributed by atoms with Gasteiger partial charge in [0.15, 0.2) is 0 Å². The van der Waals surface area contributed by atoms with Crippen molar-refractivity contribution >= 4 is 66.1 Å². The molecule has 0 saturated carbocycles. The molecule has 0 unspecified atom stereocenters. The number of fused-ring (bicyclic) bond motifs is 1. The summed E-state index contributed by atoms with van der Waals surface area (Å²) in [7, 11) is -4.14. The van der Waals surface area contributed by atoms with Gasteiger partial charge in [0.2, 0.25) is 0 Å². The quantitative estimate of drug-likeness (QED) is 0.526. The van der Waals surface area contributed by atoms with Gasteiger partial charge in [0.25, 0.3) is 10.1 Å². The van der Waals surface area contributed by atoms with Crippen LogP contribution in [0, 0.1) is 7.14 Å². The van der Waals surface area contributed by atoms with E-state index in [1.165, 1.54) is 6.07 Å². The highest BCUT2D eigenvalue weighted by molar-refractivity contribution is 14.1. The molecule has 0 aliphatic heterocycles. The lowest BCUT2D eigenvalue weighted by Gasteiger charge is -2.05. The first-order chi connectivity index (χ1) is 7.39. The third-order valence-corrected chi connectivity index (χ3v) is 5.25. The Labute approximate surface area is 120 Å². The van der Waals surface area contributed by atoms with Gasteiger partial charge in [-0.2, -0.15) is 8.42 Å². The molecule has 84 valence electrons. The van der Waals surface area contributed by atoms with Gasteiger partial charge < -0.3 is 0 Å². The highest BCUT2D eigenvalue weighted by atomic mass is 127. The number of hydrogen-bond donors (Lipinski definition) is 1. The minimum Gasteiger partial charge on any atom is -0.282 e. The first-order valence-corrected chi connectivity index (χ1v) is 7.84. The van der Waals surface area contributed by atoms with Gasteiger partial charge in [0, 0.05) is 7.14 Å². The fourth-order valence-corrected chi connectivity index (χ4v) is 4.04. The van der Waals surface area contributed by atoms with Crippen LogP contribution in [0.3, 0.4) is 0 Å². The molecule has 0 radical (unpaired) electrons. The van der Waals surface area contributed by atoms with Crippen molar-refractivity contribution in [1.29, 1.82) is 0 Å². The van der Waals surface area contributed by atoms with Gasteiger partial charge in [-0.05, 0) is 74.2 Å². The van der Waals surface area contributed by atoms with Crippen molar-refractivity contribution in [2.45, 2.75) is 4.90 Å². The first kappa shape index (κ1) is 12.5. The summed E-state index contributed by atoms with van der Waals surface area (Å²) in [5, 5.41) is 1.79. The second-order valence-corrected chi connectivity index (χ2v) is 6.93. The molecule has 0 atom stereocenters. The van der Waals surface area contributed by atoms with Gasteiger partial charge in [-0.3, -0.25) is 4.55 Å². The van der Waals surface area contributed by atoms with E-state index in [1.54, 1.807) is 6.07 Å². The zero-order chi connectivity index (χ0) is 11.9. The molecule has 0 spiro atoms. The summed E-state index contributed by atoms with van der Waals surface area (Å²) in [4.78, 5) is -0.0400. The average molecular weight is 460 g/mol. The lowest BCUT2D eigenvalue weighted by molar-refractivity contribution is 0.482. The van der Waals surface area contributed by atoms with Crippen LogP contribution in [0.5, 0.6) is 0 Å². The van der Waals surface area contributed by atoms with Crippen molar-refractivity contribution in [2.24, 2.45) is 0 Å². The van der Waals surface area contributed by atoms with Crippen LogP contribution in [0.25, 0.3) is 10.8 Å². The molecular weight excluding hydrogens is 454 g/mol. The molecule has 0 heterocycles. The van der Waals surface area contributed by atoms with E-state index in [1.807, 2.05) is 40.8 Å². The van der Waals surface area contributed by atoms with E-state index in [-0.39, 0.29) is 4.90 Å². The molecule has 0 saturated heterocycles. The van der Waals surface area contributed by atoms with Gasteiger partial charge in [-0.25, -0.2) is 0 Å². The molecule has 3 nitrogen and oxygen atoms in total. The Balaban J connectivity index is 2.86. The monoisotopic (exact) mass is 460 g/mol. The van der Waals surface area contributed by atoms with E-state index in [0.29, 0.717) is 3.57 Å². The summed E-state index contributed by atoms with van der Waals surface area (Å²) in [5.74, 6) is 0. The fourth-order valence-electron chi connectivity index (χ4n) is 1.44. The van der Waals surface area contributed by atoms with E-state index in [0.717, 1.165) is 14.3 Å². The molecule has 1 N–H and O–H groups in total. The summed E-state index contributed by atoms with van der Waals surface area (Å²) < 4.78 is 32.9. The third kappa shape index (κ3) is 2.34. The molecule has 0 bridgehead atoms. The summed E-state index contributed by atoms with van der Waals surface area (Å²) in [5.41, 5.74) is 0. The van der Waals surface area contributed by atoms with Crippen molar-refractivity contribution < 1.29 is 13.0 Å². The predicted octanol–water partition coefficient (Wildman–Crippen LogP) is 3.30. The van der Waals surface area contributed by atoms with Crippen LogP contribution in [0.1, 0.15) is 0 Å². The maximum Gasteiger partial charge on any atom is 0.295 e. The highest BCUT2D eigenvalue weighted by Gasteiger charge is 2.15. The second kappa shape index (κ2) is 4.39. The largest absolute Gasteiger partial charge is 0.295 e. The molecule has 2 aromatic carbocycles. The first-order valence-electron chi connectivity index (χ1n) is 4.25. The molecule has 6 heteroatoms. The number of rotatable bonds is 1. The van der Waals surface area contributed by atoms with E-state index in [9.17, 15) is 8.42 Å². The number of halogens is 2. The SMILES string of the molecule is O=S(=O)(O)c1ccc2cc(I)ccc2c1I. The highest BCUT2D eigenvalue weighted by Crippen LogP contribution is 2.28. The normalized spacial score (nSPS) is 11.9. The van der Waals surface area contributed by atoms with E-state index in [4.69, 9.17) is 4.55 Å². The molecule has 2 aromatic rings. The molecule has 0 amide bonds. The van der Waals surface area contributed by atoms with Crippen LogP contribution in [0.15, 0.2) is 35.2 Å². The molecule has 0 aliphatic carbocycles. The van der Waals surface area contributed by atoms with Crippen LogP contribution in [0.2, 0.25) is 0 Å². The Hall–Kier alpha value is 0.0700. The maximum absolute atomic E-state index is 11.1. The standard InChI is InChI=1S/C10H6I2O3S/c11-7-2-3-8-6(5-7)1-4-9(10(8)12)16(13,14)15/h1-5H,(H,13,14,15). The lowest BCUT2D eigenvalue weighted by atomic mass is 10.1. The Bertz CT molecular complexity index is 665. The fraction of sp³-hybridized carbons (Fsp3) is 0. The van der Waals surface area contributed by atoms with Crippen molar-refractivity contribution in [1.82, 2.24) is 0 Å². The molecule has 16 heavy (non-hydrogen) atoms. The molecule has 2 rings (SSSR count).